The maximum atomic E-state index is 12.1. The fourth-order valence-corrected chi connectivity index (χ4v) is 2.51. The lowest BCUT2D eigenvalue weighted by molar-refractivity contribution is -0.223. The topological polar surface area (TPSA) is 126 Å². The zero-order chi connectivity index (χ0) is 18.8. The number of carbonyl (C=O) groups excluding carboxylic acids is 1. The molecule has 0 saturated carbocycles. The van der Waals surface area contributed by atoms with Crippen LogP contribution < -0.4 is 11.4 Å². The summed E-state index contributed by atoms with van der Waals surface area (Å²) in [6, 6.07) is 1.47. The molecular formula is C16H25N3O6. The van der Waals surface area contributed by atoms with Crippen LogP contribution in [0, 0.1) is 5.92 Å². The van der Waals surface area contributed by atoms with Crippen LogP contribution >= 0.6 is 0 Å². The first-order valence-electron chi connectivity index (χ1n) is 8.14. The van der Waals surface area contributed by atoms with Crippen molar-refractivity contribution in [3.05, 3.63) is 22.7 Å². The summed E-state index contributed by atoms with van der Waals surface area (Å²) >= 11 is 0. The number of rotatable bonds is 6. The summed E-state index contributed by atoms with van der Waals surface area (Å²) in [5.74, 6) is -1.90. The second-order valence-electron chi connectivity index (χ2n) is 6.81. The van der Waals surface area contributed by atoms with Gasteiger partial charge in [0.1, 0.15) is 18.5 Å². The van der Waals surface area contributed by atoms with E-state index in [4.69, 9.17) is 19.9 Å². The molecule has 9 heteroatoms. The molecule has 3 N–H and O–H groups in total. The lowest BCUT2D eigenvalue weighted by Crippen LogP contribution is -2.37. The third-order valence-corrected chi connectivity index (χ3v) is 3.59. The molecule has 1 aliphatic heterocycles. The van der Waals surface area contributed by atoms with Gasteiger partial charge in [-0.25, -0.2) is 4.79 Å². The molecule has 0 bridgehead atoms. The van der Waals surface area contributed by atoms with Crippen LogP contribution in [0.5, 0.6) is 0 Å². The Hall–Kier alpha value is -1.97. The third-order valence-electron chi connectivity index (χ3n) is 3.59. The van der Waals surface area contributed by atoms with Gasteiger partial charge in [-0.1, -0.05) is 13.8 Å². The zero-order valence-corrected chi connectivity index (χ0v) is 14.8. The minimum atomic E-state index is -1.42. The molecule has 0 amide bonds. The Morgan fingerprint density at radius 1 is 1.56 bits per heavy atom. The van der Waals surface area contributed by atoms with Crippen LogP contribution in [-0.2, 0) is 19.0 Å². The summed E-state index contributed by atoms with van der Waals surface area (Å²) in [7, 11) is 0. The van der Waals surface area contributed by atoms with Gasteiger partial charge in [0.25, 0.3) is 0 Å². The van der Waals surface area contributed by atoms with Gasteiger partial charge >= 0.3 is 11.7 Å². The Balaban J connectivity index is 2.16. The van der Waals surface area contributed by atoms with E-state index >= 15 is 0 Å². The molecule has 0 radical (unpaired) electrons. The van der Waals surface area contributed by atoms with Crippen molar-refractivity contribution in [1.29, 1.82) is 0 Å². The largest absolute Gasteiger partial charge is 0.463 e. The number of carbonyl (C=O) groups is 1. The van der Waals surface area contributed by atoms with Gasteiger partial charge in [-0.3, -0.25) is 9.36 Å². The van der Waals surface area contributed by atoms with Crippen LogP contribution in [0.1, 0.15) is 40.3 Å². The van der Waals surface area contributed by atoms with Crippen molar-refractivity contribution in [2.45, 2.75) is 58.3 Å². The third kappa shape index (κ3) is 5.25. The molecule has 0 aliphatic carbocycles. The number of hydrogen-bond donors (Lipinski definition) is 2. The highest BCUT2D eigenvalue weighted by atomic mass is 16.7. The summed E-state index contributed by atoms with van der Waals surface area (Å²) < 4.78 is 17.9. The van der Waals surface area contributed by atoms with Gasteiger partial charge in [0.15, 0.2) is 12.0 Å². The van der Waals surface area contributed by atoms with Gasteiger partial charge < -0.3 is 25.1 Å². The predicted octanol–water partition coefficient (Wildman–Crippen LogP) is 0.426. The van der Waals surface area contributed by atoms with Crippen molar-refractivity contribution < 1.29 is 24.1 Å². The molecule has 9 nitrogen and oxygen atoms in total. The van der Waals surface area contributed by atoms with Crippen LogP contribution in [-0.4, -0.2) is 45.2 Å². The van der Waals surface area contributed by atoms with E-state index in [1.807, 2.05) is 0 Å². The minimum Gasteiger partial charge on any atom is -0.463 e. The number of nitrogen functional groups attached to an aromatic ring is 1. The van der Waals surface area contributed by atoms with Crippen LogP contribution in [0.25, 0.3) is 0 Å². The summed E-state index contributed by atoms with van der Waals surface area (Å²) in [6.45, 7) is 6.48. The highest BCUT2D eigenvalue weighted by Crippen LogP contribution is 2.33. The monoisotopic (exact) mass is 355 g/mol. The summed E-state index contributed by atoms with van der Waals surface area (Å²) in [4.78, 5) is 27.4. The second kappa shape index (κ2) is 7.51. The molecule has 3 atom stereocenters. The number of aliphatic hydroxyl groups is 1. The first-order valence-corrected chi connectivity index (χ1v) is 8.14. The van der Waals surface area contributed by atoms with E-state index in [9.17, 15) is 14.7 Å². The number of nitrogens with two attached hydrogens (primary N) is 1. The van der Waals surface area contributed by atoms with Gasteiger partial charge in [-0.15, -0.1) is 0 Å². The molecule has 0 aromatic carbocycles. The lowest BCUT2D eigenvalue weighted by Gasteiger charge is -2.27. The first kappa shape index (κ1) is 19.4. The molecule has 1 aromatic heterocycles. The Kier molecular flexibility index (Phi) is 5.81. The molecule has 1 aliphatic rings. The van der Waals surface area contributed by atoms with Gasteiger partial charge in [-0.2, -0.15) is 4.98 Å². The van der Waals surface area contributed by atoms with Crippen molar-refractivity contribution in [2.75, 3.05) is 12.3 Å². The molecule has 1 saturated heterocycles. The Morgan fingerprint density at radius 2 is 2.24 bits per heavy atom. The van der Waals surface area contributed by atoms with E-state index in [0.717, 1.165) is 0 Å². The number of nitrogens with zero attached hydrogens (tertiary/aromatic N) is 2. The molecule has 1 aromatic rings. The van der Waals surface area contributed by atoms with Gasteiger partial charge in [0.2, 0.25) is 0 Å². The summed E-state index contributed by atoms with van der Waals surface area (Å²) in [5.41, 5.74) is 4.92. The highest BCUT2D eigenvalue weighted by Gasteiger charge is 2.41. The van der Waals surface area contributed by atoms with Gasteiger partial charge in [-0.05, 0) is 19.9 Å². The molecule has 0 spiro atoms. The fourth-order valence-electron chi connectivity index (χ4n) is 2.51. The number of anilines is 1. The Bertz CT molecular complexity index is 667. The van der Waals surface area contributed by atoms with E-state index < -0.39 is 29.9 Å². The number of aromatic nitrogens is 2. The van der Waals surface area contributed by atoms with Crippen LogP contribution in [0.15, 0.2) is 17.1 Å². The Morgan fingerprint density at radius 3 is 2.80 bits per heavy atom. The van der Waals surface area contributed by atoms with Crippen LogP contribution in [0.4, 0.5) is 5.82 Å². The molecule has 1 unspecified atom stereocenters. The van der Waals surface area contributed by atoms with Crippen molar-refractivity contribution in [3.8, 4) is 0 Å². The Labute approximate surface area is 145 Å². The number of ether oxygens (including phenoxy) is 3. The number of esters is 1. The van der Waals surface area contributed by atoms with Crippen molar-refractivity contribution in [3.63, 3.8) is 0 Å². The van der Waals surface area contributed by atoms with E-state index in [1.165, 1.54) is 30.7 Å². The number of hydrogen-bond acceptors (Lipinski definition) is 8. The first-order chi connectivity index (χ1) is 11.6. The van der Waals surface area contributed by atoms with E-state index in [1.54, 1.807) is 13.8 Å². The zero-order valence-electron chi connectivity index (χ0n) is 14.8. The van der Waals surface area contributed by atoms with Crippen molar-refractivity contribution in [2.24, 2.45) is 5.92 Å². The maximum absolute atomic E-state index is 12.1. The minimum absolute atomic E-state index is 0.0381. The van der Waals surface area contributed by atoms with E-state index in [0.29, 0.717) is 6.42 Å². The molecule has 25 heavy (non-hydrogen) atoms. The predicted molar refractivity (Wildman–Crippen MR) is 88.4 cm³/mol. The van der Waals surface area contributed by atoms with Gasteiger partial charge in [0.05, 0.1) is 12.0 Å². The molecular weight excluding hydrogens is 330 g/mol. The van der Waals surface area contributed by atoms with E-state index in [2.05, 4.69) is 4.98 Å². The standard InChI is InChI=1S/C16H25N3O6/c1-9(2)14(20)23-8-10-7-11(25-16(3,4)22)13(24-10)19-6-5-12(17)18-15(19)21/h5-6,9-11,13,22H,7-8H2,1-4H3,(H2,17,18,21)/t10-,11?,13+/m0/s1. The van der Waals surface area contributed by atoms with Crippen molar-refractivity contribution in [1.82, 2.24) is 9.55 Å². The maximum Gasteiger partial charge on any atom is 0.351 e. The summed E-state index contributed by atoms with van der Waals surface area (Å²) in [5, 5.41) is 9.95. The molecule has 1 fully saturated rings. The molecule has 2 rings (SSSR count). The van der Waals surface area contributed by atoms with Crippen LogP contribution in [0.3, 0.4) is 0 Å². The lowest BCUT2D eigenvalue weighted by atomic mass is 10.2. The fraction of sp³-hybridized carbons (Fsp3) is 0.688. The van der Waals surface area contributed by atoms with E-state index in [-0.39, 0.29) is 24.3 Å². The van der Waals surface area contributed by atoms with Gasteiger partial charge in [0, 0.05) is 12.6 Å². The van der Waals surface area contributed by atoms with Crippen LogP contribution in [0.2, 0.25) is 0 Å². The average molecular weight is 355 g/mol. The summed E-state index contributed by atoms with van der Waals surface area (Å²) in [6.07, 6.45) is -0.0970. The quantitative estimate of drug-likeness (QED) is 0.555. The molecule has 140 valence electrons. The normalized spacial score (nSPS) is 23.8. The second-order valence-corrected chi connectivity index (χ2v) is 6.81. The average Bonchev–Trinajstić information content (AvgIpc) is 2.85. The highest BCUT2D eigenvalue weighted by molar-refractivity contribution is 5.71. The SMILES string of the molecule is CC(C)C(=O)OC[C@@H]1CC(OC(C)(C)O)[C@H](n2ccc(N)nc2=O)O1. The smallest absolute Gasteiger partial charge is 0.351 e. The van der Waals surface area contributed by atoms with Crippen molar-refractivity contribution >= 4 is 11.8 Å². The molecule has 2 heterocycles.